The molecule has 0 bridgehead atoms. The van der Waals surface area contributed by atoms with Crippen LogP contribution in [0.4, 0.5) is 0 Å². The minimum absolute atomic E-state index is 0.0503. The zero-order chi connectivity index (χ0) is 20.8. The largest absolute Gasteiger partial charge is 0.493 e. The van der Waals surface area contributed by atoms with Crippen molar-refractivity contribution in [2.24, 2.45) is 0 Å². The first-order valence-electron chi connectivity index (χ1n) is 8.77. The lowest BCUT2D eigenvalue weighted by atomic mass is 10.2. The number of halogens is 1. The Hall–Kier alpha value is -3.13. The van der Waals surface area contributed by atoms with E-state index in [4.69, 9.17) is 14.3 Å². The normalized spacial score (nSPS) is 13.8. The van der Waals surface area contributed by atoms with E-state index in [1.807, 2.05) is 24.3 Å². The van der Waals surface area contributed by atoms with Crippen molar-refractivity contribution in [1.29, 1.82) is 0 Å². The van der Waals surface area contributed by atoms with E-state index in [1.165, 1.54) is 13.2 Å². The molecule has 0 atom stereocenters. The number of hydrogen-bond acceptors (Lipinski definition) is 6. The van der Waals surface area contributed by atoms with Crippen molar-refractivity contribution in [3.63, 3.8) is 0 Å². The minimum atomic E-state index is -0.817. The van der Waals surface area contributed by atoms with Crippen molar-refractivity contribution < 1.29 is 28.7 Å². The summed E-state index contributed by atoms with van der Waals surface area (Å²) < 4.78 is 12.2. The van der Waals surface area contributed by atoms with Gasteiger partial charge in [-0.3, -0.25) is 9.59 Å². The highest BCUT2D eigenvalue weighted by atomic mass is 79.9. The third-order valence-corrected chi connectivity index (χ3v) is 4.62. The molecule has 0 radical (unpaired) electrons. The molecule has 1 aliphatic heterocycles. The number of amides is 2. The quantitative estimate of drug-likeness (QED) is 0.464. The number of carbonyl (C=O) groups excluding carboxylic acids is 3. The van der Waals surface area contributed by atoms with E-state index in [0.29, 0.717) is 28.7 Å². The highest BCUT2D eigenvalue weighted by Gasteiger charge is 2.32. The molecule has 8 heteroatoms. The second kappa shape index (κ2) is 9.38. The Balaban J connectivity index is 1.62. The lowest BCUT2D eigenvalue weighted by Gasteiger charge is -2.12. The zero-order valence-corrected chi connectivity index (χ0v) is 17.2. The standard InChI is InChI=1S/C21H18BrNO6/c1-27-18-12-14(5-11-21(26)29-23-19(24)9-10-20(23)25)4-8-17(18)28-13-15-2-6-16(22)7-3-15/h2-8,11-12H,9-10,13H2,1H3/b11-5+. The molecule has 2 aromatic carbocycles. The van der Waals surface area contributed by atoms with Gasteiger partial charge in [0.05, 0.1) is 7.11 Å². The molecule has 0 spiro atoms. The van der Waals surface area contributed by atoms with Gasteiger partial charge in [-0.1, -0.05) is 34.1 Å². The SMILES string of the molecule is COc1cc(/C=C/C(=O)ON2C(=O)CCC2=O)ccc1OCc1ccc(Br)cc1. The van der Waals surface area contributed by atoms with Gasteiger partial charge < -0.3 is 14.3 Å². The topological polar surface area (TPSA) is 82.1 Å². The van der Waals surface area contributed by atoms with Gasteiger partial charge in [-0.05, 0) is 41.5 Å². The smallest absolute Gasteiger partial charge is 0.356 e. The summed E-state index contributed by atoms with van der Waals surface area (Å²) in [5.41, 5.74) is 1.67. The highest BCUT2D eigenvalue weighted by Crippen LogP contribution is 2.29. The van der Waals surface area contributed by atoms with Crippen LogP contribution in [-0.2, 0) is 25.8 Å². The average Bonchev–Trinajstić information content (AvgIpc) is 3.04. The van der Waals surface area contributed by atoms with Gasteiger partial charge in [-0.2, -0.15) is 0 Å². The molecule has 1 heterocycles. The molecule has 29 heavy (non-hydrogen) atoms. The molecular weight excluding hydrogens is 442 g/mol. The lowest BCUT2D eigenvalue weighted by molar-refractivity contribution is -0.193. The van der Waals surface area contributed by atoms with E-state index >= 15 is 0 Å². The first kappa shape index (κ1) is 20.6. The monoisotopic (exact) mass is 459 g/mol. The molecule has 0 unspecified atom stereocenters. The van der Waals surface area contributed by atoms with E-state index in [9.17, 15) is 14.4 Å². The molecular formula is C21H18BrNO6. The number of imide groups is 1. The maximum absolute atomic E-state index is 11.9. The van der Waals surface area contributed by atoms with Crippen LogP contribution < -0.4 is 9.47 Å². The number of ether oxygens (including phenoxy) is 2. The van der Waals surface area contributed by atoms with Crippen LogP contribution in [0, 0.1) is 0 Å². The van der Waals surface area contributed by atoms with Gasteiger partial charge in [0, 0.05) is 23.4 Å². The summed E-state index contributed by atoms with van der Waals surface area (Å²) in [5.74, 6) is -0.801. The van der Waals surface area contributed by atoms with Crippen LogP contribution in [0.15, 0.2) is 53.0 Å². The Labute approximate surface area is 175 Å². The number of benzene rings is 2. The van der Waals surface area contributed by atoms with E-state index in [1.54, 1.807) is 18.2 Å². The molecule has 0 aromatic heterocycles. The van der Waals surface area contributed by atoms with Crippen molar-refractivity contribution in [1.82, 2.24) is 5.06 Å². The average molecular weight is 460 g/mol. The molecule has 2 amide bonds. The maximum Gasteiger partial charge on any atom is 0.356 e. The Morgan fingerprint density at radius 1 is 1.07 bits per heavy atom. The summed E-state index contributed by atoms with van der Waals surface area (Å²) in [7, 11) is 1.52. The van der Waals surface area contributed by atoms with Crippen LogP contribution in [0.5, 0.6) is 11.5 Å². The summed E-state index contributed by atoms with van der Waals surface area (Å²) in [6.07, 6.45) is 2.73. The van der Waals surface area contributed by atoms with Crippen LogP contribution in [-0.4, -0.2) is 30.0 Å². The molecule has 1 saturated heterocycles. The number of nitrogens with zero attached hydrogens (tertiary/aromatic N) is 1. The number of methoxy groups -OCH3 is 1. The van der Waals surface area contributed by atoms with Gasteiger partial charge in [0.15, 0.2) is 11.5 Å². The van der Waals surface area contributed by atoms with Crippen LogP contribution in [0.25, 0.3) is 6.08 Å². The fourth-order valence-electron chi connectivity index (χ4n) is 2.59. The predicted octanol–water partition coefficient (Wildman–Crippen LogP) is 3.66. The third kappa shape index (κ3) is 5.45. The Morgan fingerprint density at radius 3 is 2.41 bits per heavy atom. The second-order valence-electron chi connectivity index (χ2n) is 6.15. The summed E-state index contributed by atoms with van der Waals surface area (Å²) in [6, 6.07) is 13.0. The van der Waals surface area contributed by atoms with Crippen LogP contribution in [0.1, 0.15) is 24.0 Å². The molecule has 3 rings (SSSR count). The molecule has 1 aliphatic rings. The van der Waals surface area contributed by atoms with Gasteiger partial charge in [0.25, 0.3) is 11.8 Å². The van der Waals surface area contributed by atoms with Crippen molar-refractivity contribution >= 4 is 39.8 Å². The van der Waals surface area contributed by atoms with Gasteiger partial charge in [-0.25, -0.2) is 4.79 Å². The molecule has 0 saturated carbocycles. The van der Waals surface area contributed by atoms with Crippen LogP contribution >= 0.6 is 15.9 Å². The maximum atomic E-state index is 11.9. The molecule has 0 aliphatic carbocycles. The lowest BCUT2D eigenvalue weighted by Crippen LogP contribution is -2.31. The number of hydroxylamine groups is 2. The number of carbonyl (C=O) groups is 3. The van der Waals surface area contributed by atoms with Crippen LogP contribution in [0.2, 0.25) is 0 Å². The first-order valence-corrected chi connectivity index (χ1v) is 9.56. The summed E-state index contributed by atoms with van der Waals surface area (Å²) in [5, 5.41) is 0.506. The van der Waals surface area contributed by atoms with Gasteiger partial charge in [-0.15, -0.1) is 5.06 Å². The van der Waals surface area contributed by atoms with Crippen molar-refractivity contribution in [3.8, 4) is 11.5 Å². The Kier molecular flexibility index (Phi) is 6.66. The number of hydrogen-bond donors (Lipinski definition) is 0. The van der Waals surface area contributed by atoms with E-state index in [2.05, 4.69) is 15.9 Å². The molecule has 0 N–H and O–H groups in total. The number of rotatable bonds is 7. The predicted molar refractivity (Wildman–Crippen MR) is 108 cm³/mol. The Bertz CT molecular complexity index is 938. The van der Waals surface area contributed by atoms with Crippen LogP contribution in [0.3, 0.4) is 0 Å². The van der Waals surface area contributed by atoms with Gasteiger partial charge >= 0.3 is 5.97 Å². The summed E-state index contributed by atoms with van der Waals surface area (Å²) in [4.78, 5) is 39.6. The third-order valence-electron chi connectivity index (χ3n) is 4.09. The fraction of sp³-hybridized carbons (Fsp3) is 0.190. The van der Waals surface area contributed by atoms with E-state index < -0.39 is 17.8 Å². The molecule has 2 aromatic rings. The summed E-state index contributed by atoms with van der Waals surface area (Å²) >= 11 is 3.39. The minimum Gasteiger partial charge on any atom is -0.493 e. The molecule has 1 fully saturated rings. The second-order valence-corrected chi connectivity index (χ2v) is 7.07. The first-order chi connectivity index (χ1) is 14.0. The van der Waals surface area contributed by atoms with Gasteiger partial charge in [0.2, 0.25) is 0 Å². The van der Waals surface area contributed by atoms with Gasteiger partial charge in [0.1, 0.15) is 6.61 Å². The molecule has 150 valence electrons. The van der Waals surface area contributed by atoms with E-state index in [-0.39, 0.29) is 12.8 Å². The van der Waals surface area contributed by atoms with Crippen molar-refractivity contribution in [3.05, 3.63) is 64.1 Å². The highest BCUT2D eigenvalue weighted by molar-refractivity contribution is 9.10. The van der Waals surface area contributed by atoms with Crippen molar-refractivity contribution in [2.75, 3.05) is 7.11 Å². The molecule has 7 nitrogen and oxygen atoms in total. The fourth-order valence-corrected chi connectivity index (χ4v) is 2.86. The summed E-state index contributed by atoms with van der Waals surface area (Å²) in [6.45, 7) is 0.378. The Morgan fingerprint density at radius 2 is 1.76 bits per heavy atom. The van der Waals surface area contributed by atoms with Crippen molar-refractivity contribution in [2.45, 2.75) is 19.4 Å². The van der Waals surface area contributed by atoms with E-state index in [0.717, 1.165) is 16.1 Å². The zero-order valence-electron chi connectivity index (χ0n) is 15.6.